The Morgan fingerprint density at radius 2 is 1.87 bits per heavy atom. The molecule has 3 aromatic carbocycles. The number of anilines is 3. The molecule has 2 aliphatic rings. The molecule has 2 aliphatic heterocycles. The van der Waals surface area contributed by atoms with Crippen molar-refractivity contribution in [2.75, 3.05) is 22.6 Å². The Bertz CT molecular complexity index is 1740. The standard InChI is InChI=1S/C34H40N6O5Si/c1-22-31(46(2,3)44)30(15-17-39-21-27(16-18-41)37-38-39)45-34(22)28-9-4-5-10-29(28)40(33(34)43)20-23-7-6-8-26(19-23)36-32(42)24-11-13-25(35)14-12-24/h4-14,19,21-22,30-31,41,44H,15-18,20,35H2,1-3H3,(H,36,42)/t22-,30+,31-,34+/m0/s1. The van der Waals surface area contributed by atoms with Gasteiger partial charge in [-0.05, 0) is 67.5 Å². The van der Waals surface area contributed by atoms with Gasteiger partial charge in [-0.2, -0.15) is 0 Å². The molecule has 0 saturated carbocycles. The molecule has 3 heterocycles. The number of ether oxygens (including phenoxy) is 1. The van der Waals surface area contributed by atoms with Gasteiger partial charge in [0, 0.05) is 59.7 Å². The number of carbonyl (C=O) groups is 2. The molecular formula is C34H40N6O5Si. The van der Waals surface area contributed by atoms with E-state index in [9.17, 15) is 19.5 Å². The van der Waals surface area contributed by atoms with E-state index in [4.69, 9.17) is 10.5 Å². The lowest BCUT2D eigenvalue weighted by Gasteiger charge is -2.32. The van der Waals surface area contributed by atoms with E-state index in [1.54, 1.807) is 33.8 Å². The number of aliphatic hydroxyl groups excluding tert-OH is 1. The van der Waals surface area contributed by atoms with Crippen LogP contribution in [0.1, 0.15) is 40.5 Å². The van der Waals surface area contributed by atoms with E-state index in [1.165, 1.54) is 0 Å². The lowest BCUT2D eigenvalue weighted by molar-refractivity contribution is -0.146. The summed E-state index contributed by atoms with van der Waals surface area (Å²) in [6.07, 6.45) is 2.40. The number of amides is 2. The number of benzene rings is 3. The van der Waals surface area contributed by atoms with Gasteiger partial charge in [-0.1, -0.05) is 42.5 Å². The predicted octanol–water partition coefficient (Wildman–Crippen LogP) is 4.08. The lowest BCUT2D eigenvalue weighted by atomic mass is 9.82. The van der Waals surface area contributed by atoms with Crippen LogP contribution in [0.15, 0.2) is 79.0 Å². The van der Waals surface area contributed by atoms with Crippen LogP contribution in [0.4, 0.5) is 17.1 Å². The van der Waals surface area contributed by atoms with Gasteiger partial charge in [0.1, 0.15) is 0 Å². The molecule has 1 spiro atoms. The van der Waals surface area contributed by atoms with Gasteiger partial charge in [0.25, 0.3) is 11.8 Å². The van der Waals surface area contributed by atoms with Crippen LogP contribution >= 0.6 is 0 Å². The molecule has 11 nitrogen and oxygen atoms in total. The van der Waals surface area contributed by atoms with Crippen molar-refractivity contribution in [3.05, 3.63) is 101 Å². The fraction of sp³-hybridized carbons (Fsp3) is 0.353. The summed E-state index contributed by atoms with van der Waals surface area (Å²) in [5.41, 5.74) is 9.12. The Morgan fingerprint density at radius 1 is 1.11 bits per heavy atom. The molecule has 46 heavy (non-hydrogen) atoms. The molecule has 1 aromatic heterocycles. The first kappa shape index (κ1) is 31.6. The van der Waals surface area contributed by atoms with Crippen molar-refractivity contribution >= 4 is 37.2 Å². The van der Waals surface area contributed by atoms with Gasteiger partial charge < -0.3 is 30.6 Å². The van der Waals surface area contributed by atoms with E-state index in [0.717, 1.165) is 16.8 Å². The normalized spacial score (nSPS) is 22.4. The summed E-state index contributed by atoms with van der Waals surface area (Å²) in [5, 5.41) is 20.5. The van der Waals surface area contributed by atoms with Crippen LogP contribution in [0.5, 0.6) is 0 Å². The highest BCUT2D eigenvalue weighted by atomic mass is 28.4. The number of carbonyl (C=O) groups excluding carboxylic acids is 2. The first-order chi connectivity index (χ1) is 22.0. The summed E-state index contributed by atoms with van der Waals surface area (Å²) < 4.78 is 8.62. The van der Waals surface area contributed by atoms with Crippen LogP contribution < -0.4 is 16.0 Å². The minimum atomic E-state index is -2.81. The second-order valence-corrected chi connectivity index (χ2v) is 16.8. The van der Waals surface area contributed by atoms with E-state index < -0.39 is 13.9 Å². The zero-order chi connectivity index (χ0) is 32.6. The van der Waals surface area contributed by atoms with Crippen LogP contribution in [0.2, 0.25) is 18.6 Å². The summed E-state index contributed by atoms with van der Waals surface area (Å²) in [5.74, 6) is -0.696. The number of para-hydroxylation sites is 1. The van der Waals surface area contributed by atoms with Gasteiger partial charge in [0.15, 0.2) is 13.9 Å². The number of aryl methyl sites for hydroxylation is 1. The minimum absolute atomic E-state index is 0.00257. The molecule has 12 heteroatoms. The van der Waals surface area contributed by atoms with Gasteiger partial charge in [-0.3, -0.25) is 14.3 Å². The zero-order valence-corrected chi connectivity index (χ0v) is 27.3. The average Bonchev–Trinajstić information content (AvgIpc) is 3.67. The molecule has 1 saturated heterocycles. The maximum Gasteiger partial charge on any atom is 0.264 e. The smallest absolute Gasteiger partial charge is 0.264 e. The Balaban J connectivity index is 1.26. The summed E-state index contributed by atoms with van der Waals surface area (Å²) in [7, 11) is -2.81. The number of aromatic nitrogens is 3. The van der Waals surface area contributed by atoms with Crippen molar-refractivity contribution in [3.63, 3.8) is 0 Å². The number of aliphatic hydroxyl groups is 1. The number of nitrogen functional groups attached to an aromatic ring is 1. The monoisotopic (exact) mass is 640 g/mol. The highest BCUT2D eigenvalue weighted by Crippen LogP contribution is 2.59. The number of nitrogens with zero attached hydrogens (tertiary/aromatic N) is 4. The number of hydrogen-bond acceptors (Lipinski definition) is 8. The first-order valence-electron chi connectivity index (χ1n) is 15.6. The molecule has 0 radical (unpaired) electrons. The van der Waals surface area contributed by atoms with Crippen LogP contribution in [0, 0.1) is 5.92 Å². The fourth-order valence-corrected chi connectivity index (χ4v) is 9.77. The molecule has 5 N–H and O–H groups in total. The molecule has 4 aromatic rings. The number of fused-ring (bicyclic) bond motifs is 2. The topological polar surface area (TPSA) is 156 Å². The van der Waals surface area contributed by atoms with Crippen molar-refractivity contribution in [3.8, 4) is 0 Å². The maximum atomic E-state index is 14.6. The van der Waals surface area contributed by atoms with E-state index in [-0.39, 0.29) is 42.5 Å². The summed E-state index contributed by atoms with van der Waals surface area (Å²) in [6, 6.07) is 21.9. The molecule has 4 atom stereocenters. The van der Waals surface area contributed by atoms with Crippen molar-refractivity contribution < 1.29 is 24.2 Å². The number of rotatable bonds is 10. The van der Waals surface area contributed by atoms with E-state index in [2.05, 4.69) is 15.6 Å². The van der Waals surface area contributed by atoms with Crippen molar-refractivity contribution in [1.29, 1.82) is 0 Å². The first-order valence-corrected chi connectivity index (χ1v) is 18.6. The molecule has 6 rings (SSSR count). The zero-order valence-electron chi connectivity index (χ0n) is 26.3. The SMILES string of the molecule is C[C@H]1[C@H]([Si](C)(C)O)[C@@H](CCn2cc(CCO)nn2)O[C@]12C(=O)N(Cc1cccc(NC(=O)c3ccc(N)cc3)c1)c1ccccc12. The van der Waals surface area contributed by atoms with Crippen LogP contribution in [0.25, 0.3) is 0 Å². The maximum absolute atomic E-state index is 14.6. The minimum Gasteiger partial charge on any atom is -0.432 e. The Kier molecular flexibility index (Phi) is 8.55. The molecule has 2 amide bonds. The van der Waals surface area contributed by atoms with E-state index in [1.807, 2.05) is 74.7 Å². The molecular weight excluding hydrogens is 600 g/mol. The van der Waals surface area contributed by atoms with E-state index in [0.29, 0.717) is 42.0 Å². The number of nitrogens with two attached hydrogens (primary N) is 1. The van der Waals surface area contributed by atoms with Gasteiger partial charge in [0.05, 0.1) is 24.0 Å². The molecule has 0 bridgehead atoms. The van der Waals surface area contributed by atoms with Gasteiger partial charge >= 0.3 is 0 Å². The summed E-state index contributed by atoms with van der Waals surface area (Å²) in [4.78, 5) is 40.8. The van der Waals surface area contributed by atoms with Crippen molar-refractivity contribution in [2.24, 2.45) is 5.92 Å². The van der Waals surface area contributed by atoms with Gasteiger partial charge in [-0.25, -0.2) is 0 Å². The molecule has 0 aliphatic carbocycles. The number of nitrogens with one attached hydrogen (secondary N) is 1. The second-order valence-electron chi connectivity index (χ2n) is 12.8. The Labute approximate surface area is 269 Å². The van der Waals surface area contributed by atoms with Gasteiger partial charge in [0.2, 0.25) is 0 Å². The highest BCUT2D eigenvalue weighted by Gasteiger charge is 2.66. The molecule has 1 fully saturated rings. The summed E-state index contributed by atoms with van der Waals surface area (Å²) in [6.45, 7) is 6.62. The summed E-state index contributed by atoms with van der Waals surface area (Å²) >= 11 is 0. The third-order valence-corrected chi connectivity index (χ3v) is 11.7. The number of hydrogen-bond donors (Lipinski definition) is 4. The van der Waals surface area contributed by atoms with E-state index >= 15 is 0 Å². The third-order valence-electron chi connectivity index (χ3n) is 9.19. The molecule has 240 valence electrons. The van der Waals surface area contributed by atoms with Crippen LogP contribution in [0.3, 0.4) is 0 Å². The van der Waals surface area contributed by atoms with Gasteiger partial charge in [-0.15, -0.1) is 5.10 Å². The van der Waals surface area contributed by atoms with Crippen molar-refractivity contribution in [1.82, 2.24) is 15.0 Å². The quantitative estimate of drug-likeness (QED) is 0.149. The lowest BCUT2D eigenvalue weighted by Crippen LogP contribution is -2.46. The predicted molar refractivity (Wildman–Crippen MR) is 177 cm³/mol. The molecule has 0 unspecified atom stereocenters. The van der Waals surface area contributed by atoms with Crippen LogP contribution in [-0.4, -0.2) is 57.7 Å². The highest BCUT2D eigenvalue weighted by molar-refractivity contribution is 6.71. The van der Waals surface area contributed by atoms with Crippen molar-refractivity contribution in [2.45, 2.75) is 63.2 Å². The Morgan fingerprint density at radius 3 is 2.61 bits per heavy atom. The van der Waals surface area contributed by atoms with Crippen LogP contribution in [-0.2, 0) is 34.6 Å². The fourth-order valence-electron chi connectivity index (χ4n) is 7.16. The Hall–Kier alpha value is -4.36. The average molecular weight is 641 g/mol. The third kappa shape index (κ3) is 5.84. The largest absolute Gasteiger partial charge is 0.432 e. The second kappa shape index (κ2) is 12.4.